The van der Waals surface area contributed by atoms with Gasteiger partial charge in [-0.05, 0) is 6.92 Å². The number of rotatable bonds is 3. The SMILES string of the molecule is C=COc1cnn(CC)c1. The van der Waals surface area contributed by atoms with Gasteiger partial charge in [-0.2, -0.15) is 5.10 Å². The molecule has 0 aliphatic carbocycles. The molecule has 54 valence electrons. The second-order valence-electron chi connectivity index (χ2n) is 1.82. The Kier molecular flexibility index (Phi) is 2.10. The van der Waals surface area contributed by atoms with Crippen LogP contribution in [0.25, 0.3) is 0 Å². The quantitative estimate of drug-likeness (QED) is 0.591. The van der Waals surface area contributed by atoms with E-state index in [9.17, 15) is 0 Å². The number of hydrogen-bond acceptors (Lipinski definition) is 2. The van der Waals surface area contributed by atoms with Gasteiger partial charge in [0.1, 0.15) is 0 Å². The molecule has 0 spiro atoms. The van der Waals surface area contributed by atoms with Crippen LogP contribution < -0.4 is 4.74 Å². The minimum atomic E-state index is 0.733. The lowest BCUT2D eigenvalue weighted by atomic mass is 10.6. The van der Waals surface area contributed by atoms with Crippen LogP contribution in [0.1, 0.15) is 6.92 Å². The van der Waals surface area contributed by atoms with E-state index in [1.165, 1.54) is 6.26 Å². The molecular weight excluding hydrogens is 128 g/mol. The van der Waals surface area contributed by atoms with Crippen molar-refractivity contribution in [1.29, 1.82) is 0 Å². The van der Waals surface area contributed by atoms with Gasteiger partial charge in [0.2, 0.25) is 0 Å². The fourth-order valence-electron chi connectivity index (χ4n) is 0.675. The number of ether oxygens (including phenoxy) is 1. The van der Waals surface area contributed by atoms with Crippen LogP contribution in [0.15, 0.2) is 25.2 Å². The third kappa shape index (κ3) is 1.37. The van der Waals surface area contributed by atoms with Crippen LogP contribution in [0.2, 0.25) is 0 Å². The lowest BCUT2D eigenvalue weighted by Crippen LogP contribution is -1.91. The largest absolute Gasteiger partial charge is 0.462 e. The first-order chi connectivity index (χ1) is 4.86. The van der Waals surface area contributed by atoms with E-state index in [0.29, 0.717) is 0 Å². The normalized spacial score (nSPS) is 9.30. The Morgan fingerprint density at radius 3 is 3.20 bits per heavy atom. The van der Waals surface area contributed by atoms with Crippen LogP contribution in [-0.2, 0) is 6.54 Å². The molecule has 0 N–H and O–H groups in total. The molecule has 0 aliphatic heterocycles. The average molecular weight is 138 g/mol. The highest BCUT2D eigenvalue weighted by atomic mass is 16.5. The summed E-state index contributed by atoms with van der Waals surface area (Å²) < 4.78 is 6.76. The van der Waals surface area contributed by atoms with Crippen molar-refractivity contribution in [2.45, 2.75) is 13.5 Å². The molecule has 0 atom stereocenters. The van der Waals surface area contributed by atoms with Crippen LogP contribution in [0.3, 0.4) is 0 Å². The predicted octanol–water partition coefficient (Wildman–Crippen LogP) is 1.43. The summed E-state index contributed by atoms with van der Waals surface area (Å²) in [5, 5.41) is 4.00. The highest BCUT2D eigenvalue weighted by molar-refractivity contribution is 5.12. The van der Waals surface area contributed by atoms with E-state index < -0.39 is 0 Å². The fraction of sp³-hybridized carbons (Fsp3) is 0.286. The van der Waals surface area contributed by atoms with Crippen molar-refractivity contribution in [2.75, 3.05) is 0 Å². The summed E-state index contributed by atoms with van der Waals surface area (Å²) in [6.45, 7) is 6.31. The van der Waals surface area contributed by atoms with Crippen molar-refractivity contribution in [3.05, 3.63) is 25.2 Å². The van der Waals surface area contributed by atoms with E-state index >= 15 is 0 Å². The molecule has 0 bridgehead atoms. The molecule has 0 saturated carbocycles. The minimum Gasteiger partial charge on any atom is -0.462 e. The van der Waals surface area contributed by atoms with Gasteiger partial charge in [-0.25, -0.2) is 0 Å². The van der Waals surface area contributed by atoms with Crippen LogP contribution in [0, 0.1) is 0 Å². The molecule has 0 radical (unpaired) electrons. The lowest BCUT2D eigenvalue weighted by molar-refractivity contribution is 0.482. The number of aryl methyl sites for hydroxylation is 1. The molecule has 0 fully saturated rings. The molecule has 0 amide bonds. The number of aromatic nitrogens is 2. The molecule has 1 heterocycles. The van der Waals surface area contributed by atoms with Gasteiger partial charge in [0.25, 0.3) is 0 Å². The second-order valence-corrected chi connectivity index (χ2v) is 1.82. The van der Waals surface area contributed by atoms with Crippen molar-refractivity contribution >= 4 is 0 Å². The topological polar surface area (TPSA) is 27.1 Å². The van der Waals surface area contributed by atoms with Crippen LogP contribution in [-0.4, -0.2) is 9.78 Å². The Morgan fingerprint density at radius 1 is 1.90 bits per heavy atom. The van der Waals surface area contributed by atoms with Gasteiger partial charge < -0.3 is 4.74 Å². The summed E-state index contributed by atoms with van der Waals surface area (Å²) in [5.74, 6) is 0.733. The second kappa shape index (κ2) is 3.06. The van der Waals surface area contributed by atoms with Crippen molar-refractivity contribution in [3.63, 3.8) is 0 Å². The summed E-state index contributed by atoms with van der Waals surface area (Å²) in [6, 6.07) is 0. The van der Waals surface area contributed by atoms with Gasteiger partial charge in [0.15, 0.2) is 5.75 Å². The van der Waals surface area contributed by atoms with Crippen LogP contribution >= 0.6 is 0 Å². The van der Waals surface area contributed by atoms with E-state index in [4.69, 9.17) is 4.74 Å². The van der Waals surface area contributed by atoms with Crippen LogP contribution in [0.5, 0.6) is 5.75 Å². The Balaban J connectivity index is 2.67. The summed E-state index contributed by atoms with van der Waals surface area (Å²) >= 11 is 0. The first-order valence-corrected chi connectivity index (χ1v) is 3.17. The first-order valence-electron chi connectivity index (χ1n) is 3.17. The van der Waals surface area contributed by atoms with Crippen molar-refractivity contribution in [3.8, 4) is 5.75 Å². The zero-order chi connectivity index (χ0) is 7.40. The average Bonchev–Trinajstić information content (AvgIpc) is 2.37. The highest BCUT2D eigenvalue weighted by Gasteiger charge is 1.93. The van der Waals surface area contributed by atoms with Crippen molar-refractivity contribution in [1.82, 2.24) is 9.78 Å². The molecular formula is C7H10N2O. The minimum absolute atomic E-state index is 0.733. The van der Waals surface area contributed by atoms with Gasteiger partial charge in [0.05, 0.1) is 18.7 Å². The maximum Gasteiger partial charge on any atom is 0.164 e. The van der Waals surface area contributed by atoms with Gasteiger partial charge in [0, 0.05) is 6.54 Å². The molecule has 3 heteroatoms. The summed E-state index contributed by atoms with van der Waals surface area (Å²) in [6.07, 6.45) is 4.86. The van der Waals surface area contributed by atoms with Gasteiger partial charge in [-0.15, -0.1) is 0 Å². The third-order valence-electron chi connectivity index (χ3n) is 1.15. The van der Waals surface area contributed by atoms with E-state index in [-0.39, 0.29) is 0 Å². The smallest absolute Gasteiger partial charge is 0.164 e. The van der Waals surface area contributed by atoms with Crippen molar-refractivity contribution in [2.24, 2.45) is 0 Å². The Bertz CT molecular complexity index is 217. The standard InChI is InChI=1S/C7H10N2O/c1-3-9-6-7(5-8-9)10-4-2/h4-6H,2-3H2,1H3. The van der Waals surface area contributed by atoms with Crippen molar-refractivity contribution < 1.29 is 4.74 Å². The molecule has 1 aromatic rings. The van der Waals surface area contributed by atoms with E-state index in [0.717, 1.165) is 12.3 Å². The number of nitrogens with zero attached hydrogens (tertiary/aromatic N) is 2. The molecule has 1 aromatic heterocycles. The summed E-state index contributed by atoms with van der Waals surface area (Å²) in [7, 11) is 0. The van der Waals surface area contributed by atoms with E-state index in [1.807, 2.05) is 13.1 Å². The van der Waals surface area contributed by atoms with Gasteiger partial charge >= 0.3 is 0 Å². The van der Waals surface area contributed by atoms with Crippen LogP contribution in [0.4, 0.5) is 0 Å². The van der Waals surface area contributed by atoms with E-state index in [1.54, 1.807) is 10.9 Å². The van der Waals surface area contributed by atoms with Gasteiger partial charge in [-0.3, -0.25) is 4.68 Å². The molecule has 3 nitrogen and oxygen atoms in total. The predicted molar refractivity (Wildman–Crippen MR) is 38.7 cm³/mol. The molecule has 0 saturated heterocycles. The fourth-order valence-corrected chi connectivity index (χ4v) is 0.675. The zero-order valence-corrected chi connectivity index (χ0v) is 5.95. The van der Waals surface area contributed by atoms with Gasteiger partial charge in [-0.1, -0.05) is 6.58 Å². The highest BCUT2D eigenvalue weighted by Crippen LogP contribution is 2.07. The zero-order valence-electron chi connectivity index (χ0n) is 5.95. The monoisotopic (exact) mass is 138 g/mol. The lowest BCUT2D eigenvalue weighted by Gasteiger charge is -1.91. The molecule has 0 aromatic carbocycles. The molecule has 0 unspecified atom stereocenters. The number of hydrogen-bond donors (Lipinski definition) is 0. The summed E-state index contributed by atoms with van der Waals surface area (Å²) in [4.78, 5) is 0. The Hall–Kier alpha value is -1.25. The molecule has 1 rings (SSSR count). The van der Waals surface area contributed by atoms with E-state index in [2.05, 4.69) is 11.7 Å². The molecule has 10 heavy (non-hydrogen) atoms. The first kappa shape index (κ1) is 6.86. The maximum atomic E-state index is 4.97. The Labute approximate surface area is 59.9 Å². The Morgan fingerprint density at radius 2 is 2.70 bits per heavy atom. The summed E-state index contributed by atoms with van der Waals surface area (Å²) in [5.41, 5.74) is 0. The third-order valence-corrected chi connectivity index (χ3v) is 1.15. The maximum absolute atomic E-state index is 4.97. The molecule has 0 aliphatic rings.